The van der Waals surface area contributed by atoms with Gasteiger partial charge >= 0.3 is 6.18 Å². The van der Waals surface area contributed by atoms with Gasteiger partial charge in [-0.1, -0.05) is 48.0 Å². The van der Waals surface area contributed by atoms with E-state index in [2.05, 4.69) is 5.32 Å². The highest BCUT2D eigenvalue weighted by Crippen LogP contribution is 2.29. The van der Waals surface area contributed by atoms with Crippen LogP contribution in [-0.4, -0.2) is 32.6 Å². The maximum absolute atomic E-state index is 13.3. The number of aliphatic hydroxyl groups excluding tert-OH is 1. The Morgan fingerprint density at radius 2 is 1.64 bits per heavy atom. The molecule has 36 heavy (non-hydrogen) atoms. The van der Waals surface area contributed by atoms with Gasteiger partial charge in [-0.15, -0.1) is 0 Å². The number of rotatable bonds is 9. The van der Waals surface area contributed by atoms with Crippen molar-refractivity contribution in [3.8, 4) is 0 Å². The van der Waals surface area contributed by atoms with Crippen LogP contribution in [0.25, 0.3) is 6.08 Å². The molecule has 3 rings (SSSR count). The monoisotopic (exact) mass is 518 g/mol. The van der Waals surface area contributed by atoms with Crippen molar-refractivity contribution in [3.05, 3.63) is 101 Å². The number of aryl methyl sites for hydroxylation is 1. The summed E-state index contributed by atoms with van der Waals surface area (Å²) < 4.78 is 65.8. The number of halogens is 3. The molecule has 0 saturated heterocycles. The molecule has 0 atom stereocenters. The smallest absolute Gasteiger partial charge is 0.394 e. The Kier molecular flexibility index (Phi) is 8.54. The summed E-state index contributed by atoms with van der Waals surface area (Å²) in [5, 5.41) is 12.2. The fourth-order valence-corrected chi connectivity index (χ4v) is 4.89. The largest absolute Gasteiger partial charge is 0.416 e. The van der Waals surface area contributed by atoms with E-state index in [1.54, 1.807) is 36.4 Å². The Hall–Kier alpha value is -3.63. The van der Waals surface area contributed by atoms with Gasteiger partial charge in [-0.2, -0.15) is 13.2 Å². The molecule has 0 aliphatic rings. The van der Waals surface area contributed by atoms with Gasteiger partial charge in [-0.25, -0.2) is 8.42 Å². The summed E-state index contributed by atoms with van der Waals surface area (Å²) in [4.78, 5) is 12.4. The van der Waals surface area contributed by atoms with Crippen molar-refractivity contribution in [1.82, 2.24) is 5.32 Å². The molecule has 10 heteroatoms. The molecule has 0 saturated carbocycles. The average molecular weight is 519 g/mol. The number of benzene rings is 3. The Morgan fingerprint density at radius 1 is 1.00 bits per heavy atom. The summed E-state index contributed by atoms with van der Waals surface area (Å²) in [7, 11) is -3.99. The molecule has 0 fully saturated rings. The normalized spacial score (nSPS) is 12.0. The van der Waals surface area contributed by atoms with E-state index in [0.29, 0.717) is 16.8 Å². The number of anilines is 1. The van der Waals surface area contributed by atoms with Crippen LogP contribution in [0.15, 0.2) is 83.8 Å². The molecule has 190 valence electrons. The predicted octanol–water partition coefficient (Wildman–Crippen LogP) is 4.53. The molecule has 6 nitrogen and oxygen atoms in total. The maximum Gasteiger partial charge on any atom is 0.416 e. The first-order chi connectivity index (χ1) is 17.0. The molecular formula is C26H25F3N2O4S. The van der Waals surface area contributed by atoms with Crippen molar-refractivity contribution in [2.24, 2.45) is 0 Å². The van der Waals surface area contributed by atoms with Crippen LogP contribution >= 0.6 is 0 Å². The third kappa shape index (κ3) is 6.73. The maximum atomic E-state index is 13.3. The van der Waals surface area contributed by atoms with Crippen molar-refractivity contribution in [2.45, 2.75) is 24.5 Å². The molecule has 0 bridgehead atoms. The molecular weight excluding hydrogens is 493 g/mol. The highest BCUT2D eigenvalue weighted by Gasteiger charge is 2.30. The molecule has 0 unspecified atom stereocenters. The summed E-state index contributed by atoms with van der Waals surface area (Å²) in [6, 6.07) is 17.3. The number of para-hydroxylation sites is 1. The molecule has 0 radical (unpaired) electrons. The zero-order valence-corrected chi connectivity index (χ0v) is 20.2. The van der Waals surface area contributed by atoms with Gasteiger partial charge < -0.3 is 10.4 Å². The van der Waals surface area contributed by atoms with Crippen molar-refractivity contribution in [1.29, 1.82) is 0 Å². The summed E-state index contributed by atoms with van der Waals surface area (Å²) in [6.45, 7) is 1.22. The summed E-state index contributed by atoms with van der Waals surface area (Å²) >= 11 is 0. The highest BCUT2D eigenvalue weighted by molar-refractivity contribution is 7.92. The van der Waals surface area contributed by atoms with Crippen molar-refractivity contribution in [2.75, 3.05) is 17.5 Å². The third-order valence-corrected chi connectivity index (χ3v) is 7.12. The highest BCUT2D eigenvalue weighted by atomic mass is 32.2. The quantitative estimate of drug-likeness (QED) is 0.408. The second-order valence-electron chi connectivity index (χ2n) is 7.91. The van der Waals surface area contributed by atoms with Gasteiger partial charge in [-0.3, -0.25) is 9.10 Å². The van der Waals surface area contributed by atoms with Gasteiger partial charge in [0.1, 0.15) is 0 Å². The Morgan fingerprint density at radius 3 is 2.25 bits per heavy atom. The molecule has 0 heterocycles. The number of carbonyl (C=O) groups excluding carboxylic acids is 1. The number of nitrogens with zero attached hydrogens (tertiary/aromatic N) is 1. The molecule has 0 spiro atoms. The fraction of sp³-hybridized carbons (Fsp3) is 0.192. The van der Waals surface area contributed by atoms with Crippen LogP contribution in [0.1, 0.15) is 22.3 Å². The van der Waals surface area contributed by atoms with E-state index in [1.165, 1.54) is 36.4 Å². The van der Waals surface area contributed by atoms with Crippen LogP contribution < -0.4 is 9.62 Å². The predicted molar refractivity (Wildman–Crippen MR) is 132 cm³/mol. The molecule has 3 aromatic carbocycles. The number of hydrogen-bond acceptors (Lipinski definition) is 4. The van der Waals surface area contributed by atoms with E-state index in [4.69, 9.17) is 0 Å². The third-order valence-electron chi connectivity index (χ3n) is 5.29. The van der Waals surface area contributed by atoms with Crippen molar-refractivity contribution in [3.63, 3.8) is 0 Å². The zero-order chi connectivity index (χ0) is 26.3. The molecule has 0 aliphatic heterocycles. The van der Waals surface area contributed by atoms with E-state index in [0.717, 1.165) is 22.0 Å². The number of nitrogens with one attached hydrogen (secondary N) is 1. The Bertz CT molecular complexity index is 1320. The SMILES string of the molecule is Cc1ccc(S(=O)(=O)N(CCO)c2ccccc2CNC(=O)/C=C/c2ccc(C(F)(F)F)cc2)cc1. The topological polar surface area (TPSA) is 86.7 Å². The summed E-state index contributed by atoms with van der Waals surface area (Å²) in [5.41, 5.74) is 1.33. The van der Waals surface area contributed by atoms with E-state index in [-0.39, 0.29) is 18.0 Å². The first kappa shape index (κ1) is 27.0. The minimum Gasteiger partial charge on any atom is -0.394 e. The van der Waals surface area contributed by atoms with Crippen LogP contribution in [0, 0.1) is 6.92 Å². The minimum absolute atomic E-state index is 0.0162. The molecule has 0 aliphatic carbocycles. The van der Waals surface area contributed by atoms with E-state index >= 15 is 0 Å². The number of carbonyl (C=O) groups is 1. The van der Waals surface area contributed by atoms with Gasteiger partial charge in [0.05, 0.1) is 29.3 Å². The first-order valence-corrected chi connectivity index (χ1v) is 12.4. The van der Waals surface area contributed by atoms with Gasteiger partial charge in [0, 0.05) is 12.6 Å². The van der Waals surface area contributed by atoms with Crippen LogP contribution in [0.2, 0.25) is 0 Å². The lowest BCUT2D eigenvalue weighted by atomic mass is 10.1. The lowest BCUT2D eigenvalue weighted by molar-refractivity contribution is -0.137. The second-order valence-corrected chi connectivity index (χ2v) is 9.78. The lowest BCUT2D eigenvalue weighted by Crippen LogP contribution is -2.35. The number of sulfonamides is 1. The van der Waals surface area contributed by atoms with Gasteiger partial charge in [0.25, 0.3) is 10.0 Å². The first-order valence-electron chi connectivity index (χ1n) is 10.9. The molecule has 3 aromatic rings. The molecule has 0 aromatic heterocycles. The fourth-order valence-electron chi connectivity index (χ4n) is 3.40. The standard InChI is InChI=1S/C26H25F3N2O4S/c1-19-6-13-23(14-7-19)36(34,35)31(16-17-32)24-5-3-2-4-21(24)18-30-25(33)15-10-20-8-11-22(12-9-20)26(27,28)29/h2-15,32H,16-18H2,1H3,(H,30,33)/b15-10+. The van der Waals surface area contributed by atoms with E-state index in [9.17, 15) is 31.5 Å². The van der Waals surface area contributed by atoms with Crippen LogP contribution in [-0.2, 0) is 27.5 Å². The van der Waals surface area contributed by atoms with Gasteiger partial charge in [-0.05, 0) is 54.5 Å². The number of hydrogen-bond donors (Lipinski definition) is 2. The molecule has 1 amide bonds. The molecule has 2 N–H and O–H groups in total. The Labute approximate surface area is 207 Å². The zero-order valence-electron chi connectivity index (χ0n) is 19.4. The lowest BCUT2D eigenvalue weighted by Gasteiger charge is -2.26. The summed E-state index contributed by atoms with van der Waals surface area (Å²) in [6.07, 6.45) is -1.88. The van der Waals surface area contributed by atoms with Crippen LogP contribution in [0.3, 0.4) is 0 Å². The average Bonchev–Trinajstić information content (AvgIpc) is 2.85. The van der Waals surface area contributed by atoms with Gasteiger partial charge in [0.2, 0.25) is 5.91 Å². The number of aliphatic hydroxyl groups is 1. The summed E-state index contributed by atoms with van der Waals surface area (Å²) in [5.74, 6) is -0.514. The number of alkyl halides is 3. The van der Waals surface area contributed by atoms with Crippen LogP contribution in [0.5, 0.6) is 0 Å². The van der Waals surface area contributed by atoms with Crippen LogP contribution in [0.4, 0.5) is 18.9 Å². The van der Waals surface area contributed by atoms with Crippen molar-refractivity contribution < 1.29 is 31.5 Å². The minimum atomic E-state index is -4.44. The second kappa shape index (κ2) is 11.4. The van der Waals surface area contributed by atoms with Gasteiger partial charge in [0.15, 0.2) is 0 Å². The van der Waals surface area contributed by atoms with Crippen molar-refractivity contribution >= 4 is 27.7 Å². The Balaban J connectivity index is 1.76. The van der Waals surface area contributed by atoms with E-state index < -0.39 is 34.3 Å². The van der Waals surface area contributed by atoms with E-state index in [1.807, 2.05) is 6.92 Å². The number of amides is 1.